The summed E-state index contributed by atoms with van der Waals surface area (Å²) in [7, 11) is 0. The number of aromatic nitrogens is 1. The molecular formula is C29H28N4O3. The van der Waals surface area contributed by atoms with Crippen LogP contribution in [0.1, 0.15) is 15.9 Å². The van der Waals surface area contributed by atoms with Gasteiger partial charge in [-0.25, -0.2) is 9.78 Å². The number of ether oxygens (including phenoxy) is 1. The molecule has 7 heteroatoms. The summed E-state index contributed by atoms with van der Waals surface area (Å²) in [6.45, 7) is 3.16. The highest BCUT2D eigenvalue weighted by atomic mass is 16.6. The van der Waals surface area contributed by atoms with Crippen molar-refractivity contribution in [1.82, 2.24) is 15.2 Å². The fourth-order valence-corrected chi connectivity index (χ4v) is 4.45. The first-order valence-corrected chi connectivity index (χ1v) is 12.1. The summed E-state index contributed by atoms with van der Waals surface area (Å²) in [5.41, 5.74) is 2.83. The molecule has 0 atom stereocenters. The Balaban J connectivity index is 1.11. The van der Waals surface area contributed by atoms with E-state index in [0.717, 1.165) is 34.0 Å². The van der Waals surface area contributed by atoms with Gasteiger partial charge in [-0.3, -0.25) is 4.79 Å². The first-order chi connectivity index (χ1) is 17.7. The topological polar surface area (TPSA) is 74.8 Å². The molecule has 1 aromatic heterocycles. The van der Waals surface area contributed by atoms with Gasteiger partial charge >= 0.3 is 6.09 Å². The largest absolute Gasteiger partial charge is 0.413 e. The molecule has 36 heavy (non-hydrogen) atoms. The van der Waals surface area contributed by atoms with Gasteiger partial charge in [0.25, 0.3) is 5.91 Å². The highest BCUT2D eigenvalue weighted by Gasteiger charge is 2.23. The zero-order valence-corrected chi connectivity index (χ0v) is 20.0. The lowest BCUT2D eigenvalue weighted by Crippen LogP contribution is -2.48. The molecule has 1 aliphatic rings. The molecule has 2 amide bonds. The van der Waals surface area contributed by atoms with Gasteiger partial charge in [0.05, 0.1) is 11.9 Å². The van der Waals surface area contributed by atoms with Crippen molar-refractivity contribution in [2.45, 2.75) is 6.42 Å². The summed E-state index contributed by atoms with van der Waals surface area (Å²) < 4.78 is 5.29. The Kier molecular flexibility index (Phi) is 7.07. The number of pyridine rings is 1. The fourth-order valence-electron chi connectivity index (χ4n) is 4.45. The molecule has 0 bridgehead atoms. The number of rotatable bonds is 6. The molecule has 0 spiro atoms. The lowest BCUT2D eigenvalue weighted by atomic mass is 10.0. The van der Waals surface area contributed by atoms with Crippen molar-refractivity contribution in [2.75, 3.05) is 37.6 Å². The van der Waals surface area contributed by atoms with E-state index in [1.807, 2.05) is 83.8 Å². The van der Waals surface area contributed by atoms with Gasteiger partial charge in [-0.15, -0.1) is 0 Å². The highest BCUT2D eigenvalue weighted by Crippen LogP contribution is 2.22. The number of nitrogens with one attached hydrogen (secondary N) is 1. The van der Waals surface area contributed by atoms with E-state index in [0.29, 0.717) is 32.7 Å². The molecule has 182 valence electrons. The molecule has 0 aliphatic carbocycles. The monoisotopic (exact) mass is 480 g/mol. The molecule has 1 saturated heterocycles. The van der Waals surface area contributed by atoms with E-state index in [9.17, 15) is 9.59 Å². The van der Waals surface area contributed by atoms with Crippen LogP contribution in [0, 0.1) is 0 Å². The maximum absolute atomic E-state index is 13.2. The van der Waals surface area contributed by atoms with Crippen LogP contribution in [0.4, 0.5) is 10.5 Å². The van der Waals surface area contributed by atoms with Crippen LogP contribution < -0.4 is 15.0 Å². The van der Waals surface area contributed by atoms with Gasteiger partial charge in [0.2, 0.25) is 5.88 Å². The third-order valence-corrected chi connectivity index (χ3v) is 6.40. The van der Waals surface area contributed by atoms with E-state index in [1.165, 1.54) is 0 Å². The second kappa shape index (κ2) is 10.9. The predicted molar refractivity (Wildman–Crippen MR) is 140 cm³/mol. The van der Waals surface area contributed by atoms with Crippen LogP contribution in [0.3, 0.4) is 0 Å². The third-order valence-electron chi connectivity index (χ3n) is 6.40. The maximum atomic E-state index is 13.2. The van der Waals surface area contributed by atoms with Crippen LogP contribution in [-0.2, 0) is 6.42 Å². The number of nitrogens with zero attached hydrogens (tertiary/aromatic N) is 3. The number of hydrogen-bond donors (Lipinski definition) is 1. The van der Waals surface area contributed by atoms with Crippen molar-refractivity contribution in [3.8, 4) is 5.88 Å². The molecule has 0 radical (unpaired) electrons. The number of benzene rings is 3. The third kappa shape index (κ3) is 5.46. The van der Waals surface area contributed by atoms with E-state index >= 15 is 0 Å². The molecule has 1 N–H and O–H groups in total. The molecule has 1 aliphatic heterocycles. The Hall–Kier alpha value is -4.39. The Morgan fingerprint density at radius 3 is 2.36 bits per heavy atom. The quantitative estimate of drug-likeness (QED) is 0.439. The van der Waals surface area contributed by atoms with E-state index in [2.05, 4.69) is 15.2 Å². The molecule has 0 unspecified atom stereocenters. The smallest absolute Gasteiger partial charge is 0.391 e. The average molecular weight is 481 g/mol. The molecule has 7 nitrogen and oxygen atoms in total. The minimum atomic E-state index is -0.522. The van der Waals surface area contributed by atoms with E-state index in [4.69, 9.17) is 4.74 Å². The first-order valence-electron chi connectivity index (χ1n) is 12.1. The van der Waals surface area contributed by atoms with Crippen LogP contribution >= 0.6 is 0 Å². The molecule has 1 fully saturated rings. The molecule has 4 aromatic rings. The lowest BCUT2D eigenvalue weighted by molar-refractivity contribution is 0.0748. The van der Waals surface area contributed by atoms with Gasteiger partial charge in [0, 0.05) is 44.4 Å². The highest BCUT2D eigenvalue weighted by molar-refractivity contribution is 6.07. The first kappa shape index (κ1) is 23.4. The van der Waals surface area contributed by atoms with Gasteiger partial charge < -0.3 is 19.9 Å². The summed E-state index contributed by atoms with van der Waals surface area (Å²) in [5, 5.41) is 4.80. The zero-order valence-electron chi connectivity index (χ0n) is 20.0. The van der Waals surface area contributed by atoms with Crippen LogP contribution in [0.15, 0.2) is 91.1 Å². The van der Waals surface area contributed by atoms with Gasteiger partial charge in [-0.1, -0.05) is 66.7 Å². The number of anilines is 1. The SMILES string of the molecule is O=C(NCCc1ccccc1)Oc1ccc(N2CCN(C(=O)c3cccc4ccccc34)CC2)cn1. The van der Waals surface area contributed by atoms with Crippen molar-refractivity contribution in [3.63, 3.8) is 0 Å². The summed E-state index contributed by atoms with van der Waals surface area (Å²) in [6.07, 6.45) is 1.92. The van der Waals surface area contributed by atoms with Crippen molar-refractivity contribution < 1.29 is 14.3 Å². The predicted octanol–water partition coefficient (Wildman–Crippen LogP) is 4.53. The van der Waals surface area contributed by atoms with Gasteiger partial charge in [-0.05, 0) is 34.9 Å². The molecule has 5 rings (SSSR count). The maximum Gasteiger partial charge on any atom is 0.413 e. The van der Waals surface area contributed by atoms with Gasteiger partial charge in [-0.2, -0.15) is 0 Å². The lowest BCUT2D eigenvalue weighted by Gasteiger charge is -2.36. The zero-order chi connectivity index (χ0) is 24.7. The van der Waals surface area contributed by atoms with Crippen LogP contribution in [-0.4, -0.2) is 54.6 Å². The minimum absolute atomic E-state index is 0.0617. The van der Waals surface area contributed by atoms with E-state index in [-0.39, 0.29) is 11.8 Å². The Bertz CT molecular complexity index is 1330. The number of piperazine rings is 1. The Labute approximate surface area is 210 Å². The summed E-state index contributed by atoms with van der Waals surface area (Å²) in [5.74, 6) is 0.312. The van der Waals surface area contributed by atoms with E-state index in [1.54, 1.807) is 12.3 Å². The minimum Gasteiger partial charge on any atom is -0.391 e. The van der Waals surface area contributed by atoms with Crippen LogP contribution in [0.5, 0.6) is 5.88 Å². The van der Waals surface area contributed by atoms with Crippen LogP contribution in [0.2, 0.25) is 0 Å². The van der Waals surface area contributed by atoms with E-state index < -0.39 is 6.09 Å². The van der Waals surface area contributed by atoms with Gasteiger partial charge in [0.15, 0.2) is 0 Å². The number of carbonyl (C=O) groups excluding carboxylic acids is 2. The fraction of sp³-hybridized carbons (Fsp3) is 0.207. The van der Waals surface area contributed by atoms with Crippen molar-refractivity contribution >= 4 is 28.5 Å². The number of amides is 2. The Morgan fingerprint density at radius 2 is 1.58 bits per heavy atom. The normalized spacial score (nSPS) is 13.4. The molecule has 2 heterocycles. The number of fused-ring (bicyclic) bond motifs is 1. The number of carbonyl (C=O) groups is 2. The molecule has 0 saturated carbocycles. The summed E-state index contributed by atoms with van der Waals surface area (Å²) in [4.78, 5) is 33.6. The van der Waals surface area contributed by atoms with Crippen LogP contribution in [0.25, 0.3) is 10.8 Å². The Morgan fingerprint density at radius 1 is 0.833 bits per heavy atom. The second-order valence-electron chi connectivity index (χ2n) is 8.71. The standard InChI is InChI=1S/C29H28N4O3/c34-28(26-12-6-10-23-9-4-5-11-25(23)26)33-19-17-32(18-20-33)24-13-14-27(31-21-24)36-29(35)30-16-15-22-7-2-1-3-8-22/h1-14,21H,15-20H2,(H,30,35). The summed E-state index contributed by atoms with van der Waals surface area (Å²) >= 11 is 0. The van der Waals surface area contributed by atoms with Gasteiger partial charge in [0.1, 0.15) is 0 Å². The molecule has 3 aromatic carbocycles. The van der Waals surface area contributed by atoms with Crippen molar-refractivity contribution in [2.24, 2.45) is 0 Å². The second-order valence-corrected chi connectivity index (χ2v) is 8.71. The summed E-state index contributed by atoms with van der Waals surface area (Å²) in [6, 6.07) is 27.4. The van der Waals surface area contributed by atoms with Crippen molar-refractivity contribution in [1.29, 1.82) is 0 Å². The molecular weight excluding hydrogens is 452 g/mol. The average Bonchev–Trinajstić information content (AvgIpc) is 2.93. The number of hydrogen-bond acceptors (Lipinski definition) is 5. The van der Waals surface area contributed by atoms with Crippen molar-refractivity contribution in [3.05, 3.63) is 102 Å².